The number of sulfone groups is 1. The molecule has 170 valence electrons. The molecule has 1 N–H and O–H groups in total. The molecule has 0 bridgehead atoms. The zero-order chi connectivity index (χ0) is 23.0. The molecule has 1 aromatic carbocycles. The Kier molecular flexibility index (Phi) is 5.76. The monoisotopic (exact) mass is 480 g/mol. The smallest absolute Gasteiger partial charge is 0.252 e. The lowest BCUT2D eigenvalue weighted by molar-refractivity contribution is 0.0955. The summed E-state index contributed by atoms with van der Waals surface area (Å²) in [6, 6.07) is 15.5. The van der Waals surface area contributed by atoms with E-state index < -0.39 is 9.84 Å². The molecule has 1 atom stereocenters. The first-order valence-electron chi connectivity index (χ1n) is 10.9. The van der Waals surface area contributed by atoms with Crippen molar-refractivity contribution in [2.75, 3.05) is 18.1 Å². The quantitative estimate of drug-likeness (QED) is 0.453. The highest BCUT2D eigenvalue weighted by Gasteiger charge is 2.32. The number of hydrogen-bond acceptors (Lipinski definition) is 6. The molecule has 1 amide bonds. The van der Waals surface area contributed by atoms with E-state index in [4.69, 9.17) is 4.98 Å². The van der Waals surface area contributed by atoms with Gasteiger partial charge in [-0.3, -0.25) is 4.79 Å². The molecule has 1 aliphatic heterocycles. The molecule has 4 aromatic rings. The number of aromatic nitrogens is 3. The second-order valence-corrected chi connectivity index (χ2v) is 11.5. The first kappa shape index (κ1) is 21.8. The van der Waals surface area contributed by atoms with Crippen LogP contribution in [0.1, 0.15) is 34.1 Å². The van der Waals surface area contributed by atoms with E-state index >= 15 is 0 Å². The maximum Gasteiger partial charge on any atom is 0.252 e. The van der Waals surface area contributed by atoms with Gasteiger partial charge in [0, 0.05) is 6.54 Å². The van der Waals surface area contributed by atoms with Crippen LogP contribution in [0.3, 0.4) is 0 Å². The molecule has 0 spiro atoms. The second kappa shape index (κ2) is 8.72. The Hall–Kier alpha value is -3.04. The Labute approximate surface area is 196 Å². The highest BCUT2D eigenvalue weighted by atomic mass is 32.2. The van der Waals surface area contributed by atoms with Crippen molar-refractivity contribution in [2.45, 2.75) is 25.8 Å². The maximum absolute atomic E-state index is 13.3. The summed E-state index contributed by atoms with van der Waals surface area (Å²) in [5.74, 6) is 0.0141. The molecule has 1 fully saturated rings. The fourth-order valence-corrected chi connectivity index (χ4v) is 6.70. The van der Waals surface area contributed by atoms with Crippen molar-refractivity contribution in [3.63, 3.8) is 0 Å². The van der Waals surface area contributed by atoms with Gasteiger partial charge in [0.25, 0.3) is 5.91 Å². The van der Waals surface area contributed by atoms with Crippen molar-refractivity contribution < 1.29 is 13.2 Å². The van der Waals surface area contributed by atoms with Crippen molar-refractivity contribution in [3.05, 3.63) is 70.7 Å². The molecule has 33 heavy (non-hydrogen) atoms. The molecule has 4 heterocycles. The van der Waals surface area contributed by atoms with Gasteiger partial charge in [-0.2, -0.15) is 5.10 Å². The van der Waals surface area contributed by atoms with Gasteiger partial charge in [-0.15, -0.1) is 11.3 Å². The molecule has 1 saturated heterocycles. The van der Waals surface area contributed by atoms with Crippen molar-refractivity contribution >= 4 is 38.1 Å². The third kappa shape index (κ3) is 4.43. The number of hydrogen-bond donors (Lipinski definition) is 1. The number of rotatable bonds is 6. The van der Waals surface area contributed by atoms with Crippen LogP contribution in [-0.4, -0.2) is 47.1 Å². The Morgan fingerprint density at radius 1 is 1.21 bits per heavy atom. The first-order chi connectivity index (χ1) is 15.9. The summed E-state index contributed by atoms with van der Waals surface area (Å²) in [6.07, 6.45) is 1.23. The van der Waals surface area contributed by atoms with Crippen LogP contribution in [0.15, 0.2) is 53.9 Å². The summed E-state index contributed by atoms with van der Waals surface area (Å²) in [7, 11) is -3.09. The third-order valence-corrected chi connectivity index (χ3v) is 8.59. The number of thiophene rings is 1. The normalized spacial score (nSPS) is 17.4. The number of nitrogens with zero attached hydrogens (tertiary/aromatic N) is 3. The van der Waals surface area contributed by atoms with E-state index in [9.17, 15) is 13.2 Å². The van der Waals surface area contributed by atoms with Gasteiger partial charge >= 0.3 is 0 Å². The lowest BCUT2D eigenvalue weighted by Crippen LogP contribution is -2.26. The number of pyridine rings is 1. The number of nitrogens with one attached hydrogen (secondary N) is 1. The second-order valence-electron chi connectivity index (χ2n) is 8.31. The van der Waals surface area contributed by atoms with Crippen LogP contribution < -0.4 is 5.32 Å². The number of carbonyl (C=O) groups is 1. The first-order valence-corrected chi connectivity index (χ1v) is 13.6. The molecule has 0 aliphatic carbocycles. The average Bonchev–Trinajstić information content (AvgIpc) is 3.53. The predicted molar refractivity (Wildman–Crippen MR) is 130 cm³/mol. The molecule has 1 aliphatic rings. The third-order valence-electron chi connectivity index (χ3n) is 5.95. The lowest BCUT2D eigenvalue weighted by atomic mass is 10.1. The summed E-state index contributed by atoms with van der Waals surface area (Å²) >= 11 is 1.55. The molecule has 0 saturated carbocycles. The van der Waals surface area contributed by atoms with Crippen LogP contribution in [-0.2, 0) is 16.3 Å². The van der Waals surface area contributed by atoms with E-state index in [-0.39, 0.29) is 23.5 Å². The molecule has 5 rings (SSSR count). The van der Waals surface area contributed by atoms with Crippen molar-refractivity contribution in [2.24, 2.45) is 0 Å². The fourth-order valence-electron chi connectivity index (χ4n) is 4.33. The maximum atomic E-state index is 13.3. The van der Waals surface area contributed by atoms with Crippen molar-refractivity contribution in [3.8, 4) is 10.6 Å². The number of aryl methyl sites for hydroxylation is 1. The van der Waals surface area contributed by atoms with E-state index in [1.165, 1.54) is 0 Å². The molecule has 7 nitrogen and oxygen atoms in total. The zero-order valence-corrected chi connectivity index (χ0v) is 19.8. The Balaban J connectivity index is 1.53. The van der Waals surface area contributed by atoms with E-state index in [0.29, 0.717) is 41.0 Å². The van der Waals surface area contributed by atoms with Gasteiger partial charge in [0.05, 0.1) is 44.8 Å². The molecule has 1 unspecified atom stereocenters. The van der Waals surface area contributed by atoms with Gasteiger partial charge in [-0.25, -0.2) is 18.1 Å². The SMILES string of the molecule is Cc1nn(C2CCS(=O)(=O)C2)c2nc(-c3cccs3)cc(C(=O)NCCc3ccccc3)c12. The predicted octanol–water partition coefficient (Wildman–Crippen LogP) is 3.80. The zero-order valence-electron chi connectivity index (χ0n) is 18.2. The summed E-state index contributed by atoms with van der Waals surface area (Å²) in [5.41, 5.74) is 3.60. The number of carbonyl (C=O) groups excluding carboxylic acids is 1. The standard InChI is InChI=1S/C24H24N4O3S2/c1-16-22-19(24(29)25-11-9-17-6-3-2-4-7-17)14-20(21-8-5-12-32-21)26-23(22)28(27-16)18-10-13-33(30,31)15-18/h2-8,12,14,18H,9-11,13,15H2,1H3,(H,25,29). The topological polar surface area (TPSA) is 93.9 Å². The minimum atomic E-state index is -3.09. The summed E-state index contributed by atoms with van der Waals surface area (Å²) in [4.78, 5) is 19.1. The van der Waals surface area contributed by atoms with Crippen LogP contribution in [0, 0.1) is 6.92 Å². The summed E-state index contributed by atoms with van der Waals surface area (Å²) in [5, 5.41) is 10.3. The van der Waals surface area contributed by atoms with E-state index in [1.807, 2.05) is 60.8 Å². The van der Waals surface area contributed by atoms with Crippen LogP contribution in [0.25, 0.3) is 21.6 Å². The molecule has 3 aromatic heterocycles. The number of fused-ring (bicyclic) bond motifs is 1. The summed E-state index contributed by atoms with van der Waals surface area (Å²) in [6.45, 7) is 2.35. The minimum absolute atomic E-state index is 0.0483. The Morgan fingerprint density at radius 2 is 2.03 bits per heavy atom. The van der Waals surface area contributed by atoms with Gasteiger partial charge in [-0.1, -0.05) is 36.4 Å². The van der Waals surface area contributed by atoms with Crippen molar-refractivity contribution in [1.29, 1.82) is 0 Å². The van der Waals surface area contributed by atoms with Gasteiger partial charge in [0.1, 0.15) is 0 Å². The van der Waals surface area contributed by atoms with E-state index in [2.05, 4.69) is 10.4 Å². The molecular weight excluding hydrogens is 456 g/mol. The van der Waals surface area contributed by atoms with Crippen molar-refractivity contribution in [1.82, 2.24) is 20.1 Å². The fraction of sp³-hybridized carbons (Fsp3) is 0.292. The number of benzene rings is 1. The highest BCUT2D eigenvalue weighted by Crippen LogP contribution is 2.33. The molecule has 0 radical (unpaired) electrons. The molecular formula is C24H24N4O3S2. The van der Waals surface area contributed by atoms with Crippen LogP contribution in [0.4, 0.5) is 0 Å². The summed E-state index contributed by atoms with van der Waals surface area (Å²) < 4.78 is 25.9. The Bertz CT molecular complexity index is 1410. The van der Waals surface area contributed by atoms with Gasteiger partial charge in [-0.05, 0) is 42.8 Å². The van der Waals surface area contributed by atoms with Gasteiger partial charge in [0.2, 0.25) is 0 Å². The van der Waals surface area contributed by atoms with Crippen LogP contribution in [0.2, 0.25) is 0 Å². The van der Waals surface area contributed by atoms with Gasteiger partial charge in [0.15, 0.2) is 15.5 Å². The van der Waals surface area contributed by atoms with E-state index in [0.717, 1.165) is 16.9 Å². The lowest BCUT2D eigenvalue weighted by Gasteiger charge is -2.12. The average molecular weight is 481 g/mol. The van der Waals surface area contributed by atoms with Crippen LogP contribution >= 0.6 is 11.3 Å². The largest absolute Gasteiger partial charge is 0.352 e. The highest BCUT2D eigenvalue weighted by molar-refractivity contribution is 7.91. The number of amides is 1. The van der Waals surface area contributed by atoms with E-state index in [1.54, 1.807) is 16.0 Å². The molecule has 9 heteroatoms. The Morgan fingerprint density at radius 3 is 2.73 bits per heavy atom. The van der Waals surface area contributed by atoms with Crippen LogP contribution in [0.5, 0.6) is 0 Å². The van der Waals surface area contributed by atoms with Gasteiger partial charge < -0.3 is 5.32 Å². The minimum Gasteiger partial charge on any atom is -0.352 e.